The van der Waals surface area contributed by atoms with Crippen LogP contribution in [0, 0.1) is 5.92 Å². The van der Waals surface area contributed by atoms with Crippen molar-refractivity contribution in [3.63, 3.8) is 0 Å². The number of anilines is 5. The second-order valence-corrected chi connectivity index (χ2v) is 26.7. The van der Waals surface area contributed by atoms with E-state index in [9.17, 15) is 0 Å². The molecule has 0 aromatic heterocycles. The van der Waals surface area contributed by atoms with Gasteiger partial charge in [-0.25, -0.2) is 0 Å². The summed E-state index contributed by atoms with van der Waals surface area (Å²) in [6, 6.07) is 101. The van der Waals surface area contributed by atoms with Crippen LogP contribution in [-0.2, 0) is 6.42 Å². The van der Waals surface area contributed by atoms with Gasteiger partial charge in [0.15, 0.2) is 0 Å². The van der Waals surface area contributed by atoms with Gasteiger partial charge in [-0.05, 0) is 228 Å². The molecule has 0 heterocycles. The molecule has 0 spiro atoms. The number of hydrogen-bond donors (Lipinski definition) is 0. The third kappa shape index (κ3) is 12.0. The Hall–Kier alpha value is -11.3. The van der Waals surface area contributed by atoms with Gasteiger partial charge in [0.05, 0.1) is 0 Å². The van der Waals surface area contributed by atoms with E-state index in [1.165, 1.54) is 94.0 Å². The van der Waals surface area contributed by atoms with Crippen molar-refractivity contribution in [1.29, 1.82) is 0 Å². The quantitative estimate of drug-likeness (QED) is 0.0509. The molecule has 5 aliphatic rings. The molecule has 2 bridgehead atoms. The van der Waals surface area contributed by atoms with E-state index in [4.69, 9.17) is 0 Å². The Kier molecular flexibility index (Phi) is 16.8. The molecule has 12 aromatic rings. The molecule has 0 saturated heterocycles. The third-order valence-corrected chi connectivity index (χ3v) is 20.2. The van der Waals surface area contributed by atoms with Crippen LogP contribution in [0.2, 0.25) is 0 Å². The summed E-state index contributed by atoms with van der Waals surface area (Å²) in [5, 5.41) is 4.89. The highest BCUT2D eigenvalue weighted by Crippen LogP contribution is 2.56. The normalized spacial score (nSPS) is 15.8. The summed E-state index contributed by atoms with van der Waals surface area (Å²) in [4.78, 5) is 4.83. The molecule has 0 aliphatic heterocycles. The lowest BCUT2D eigenvalue weighted by Gasteiger charge is -2.42. The number of allylic oxidation sites excluding steroid dienone is 11. The Balaban J connectivity index is 0.718. The summed E-state index contributed by atoms with van der Waals surface area (Å²) >= 11 is 0. The average Bonchev–Trinajstić information content (AvgIpc) is 0.740. The van der Waals surface area contributed by atoms with Gasteiger partial charge in [0.25, 0.3) is 0 Å². The minimum absolute atomic E-state index is 0.260. The maximum atomic E-state index is 2.52. The zero-order valence-electron chi connectivity index (χ0n) is 55.4. The number of fused-ring (bicyclic) bond motifs is 5. The van der Waals surface area contributed by atoms with Crippen molar-refractivity contribution in [2.24, 2.45) is 5.92 Å². The first-order valence-electron chi connectivity index (χ1n) is 34.7. The Labute approximate surface area is 572 Å². The van der Waals surface area contributed by atoms with Gasteiger partial charge >= 0.3 is 0 Å². The van der Waals surface area contributed by atoms with Crippen molar-refractivity contribution in [3.8, 4) is 22.3 Å². The monoisotopic (exact) mass is 1250 g/mol. The molecule has 97 heavy (non-hydrogen) atoms. The molecule has 2 atom stereocenters. The van der Waals surface area contributed by atoms with Gasteiger partial charge in [-0.2, -0.15) is 0 Å². The van der Waals surface area contributed by atoms with Crippen LogP contribution < -0.4 is 9.80 Å². The summed E-state index contributed by atoms with van der Waals surface area (Å²) in [6.07, 6.45) is 32.2. The summed E-state index contributed by atoms with van der Waals surface area (Å²) in [5.74, 6) is 1.23. The van der Waals surface area contributed by atoms with E-state index in [0.29, 0.717) is 17.8 Å². The average molecular weight is 1250 g/mol. The van der Waals surface area contributed by atoms with Gasteiger partial charge in [-0.3, -0.25) is 0 Å². The van der Waals surface area contributed by atoms with Crippen LogP contribution in [0.4, 0.5) is 28.4 Å². The minimum Gasteiger partial charge on any atom is -0.311 e. The summed E-state index contributed by atoms with van der Waals surface area (Å²) in [5.41, 5.74) is 29.5. The lowest BCUT2D eigenvalue weighted by molar-refractivity contribution is 0.712. The predicted molar refractivity (Wildman–Crippen MR) is 414 cm³/mol. The zero-order chi connectivity index (χ0) is 65.2. The highest BCUT2D eigenvalue weighted by molar-refractivity contribution is 6.22. The topological polar surface area (TPSA) is 6.48 Å². The molecule has 12 aromatic carbocycles. The molecular formula is C95H78N2. The van der Waals surface area contributed by atoms with E-state index in [-0.39, 0.29) is 5.92 Å². The van der Waals surface area contributed by atoms with Crippen molar-refractivity contribution in [1.82, 2.24) is 0 Å². The van der Waals surface area contributed by atoms with Crippen molar-refractivity contribution >= 4 is 74.3 Å². The van der Waals surface area contributed by atoms with Crippen LogP contribution in [0.5, 0.6) is 0 Å². The molecule has 17 rings (SSSR count). The summed E-state index contributed by atoms with van der Waals surface area (Å²) < 4.78 is 0. The van der Waals surface area contributed by atoms with E-state index in [1.807, 2.05) is 0 Å². The highest BCUT2D eigenvalue weighted by Gasteiger charge is 2.39. The van der Waals surface area contributed by atoms with Crippen LogP contribution >= 0.6 is 0 Å². The fourth-order valence-corrected chi connectivity index (χ4v) is 15.9. The molecule has 0 fully saturated rings. The first kappa shape index (κ1) is 60.6. The maximum absolute atomic E-state index is 2.52. The predicted octanol–water partition coefficient (Wildman–Crippen LogP) is 25.8. The number of benzene rings is 12. The molecule has 468 valence electrons. The van der Waals surface area contributed by atoms with Crippen LogP contribution in [0.1, 0.15) is 113 Å². The lowest BCUT2D eigenvalue weighted by atomic mass is 9.62. The SMILES string of the molecule is C/C=C\C1=CC2C3=C(CCC=C3)C1c1ccc(N(c3ccccc3)c3ccc(/C=C/c4ccc5c(-c6ccccc6)c(-c6ccccc6)c6ccc(/C=C/c7ccc(N(C(/C=C\CC8c9ccccc9Cc9ccccc98)=C/C(C)C)c8ccccc8)cc7)cc6c5c4)cc3)cc12. The smallest absolute Gasteiger partial charge is 0.0464 e. The largest absolute Gasteiger partial charge is 0.311 e. The maximum Gasteiger partial charge on any atom is 0.0464 e. The highest BCUT2D eigenvalue weighted by atomic mass is 15.1. The van der Waals surface area contributed by atoms with E-state index in [2.05, 4.69) is 376 Å². The van der Waals surface area contributed by atoms with Crippen LogP contribution in [0.25, 0.3) is 68.1 Å². The molecule has 0 saturated carbocycles. The molecule has 2 unspecified atom stereocenters. The number of hydrogen-bond acceptors (Lipinski definition) is 2. The molecule has 2 nitrogen and oxygen atoms in total. The van der Waals surface area contributed by atoms with Crippen molar-refractivity contribution in [2.75, 3.05) is 9.80 Å². The van der Waals surface area contributed by atoms with Gasteiger partial charge in [-0.15, -0.1) is 0 Å². The van der Waals surface area contributed by atoms with E-state index < -0.39 is 0 Å². The first-order chi connectivity index (χ1) is 47.9. The fourth-order valence-electron chi connectivity index (χ4n) is 15.9. The van der Waals surface area contributed by atoms with Gasteiger partial charge in [0.1, 0.15) is 0 Å². The van der Waals surface area contributed by atoms with Crippen LogP contribution in [0.15, 0.2) is 344 Å². The van der Waals surface area contributed by atoms with Crippen LogP contribution in [-0.4, -0.2) is 0 Å². The minimum atomic E-state index is 0.260. The summed E-state index contributed by atoms with van der Waals surface area (Å²) in [7, 11) is 0. The van der Waals surface area contributed by atoms with E-state index in [0.717, 1.165) is 76.4 Å². The molecule has 0 N–H and O–H groups in total. The van der Waals surface area contributed by atoms with E-state index >= 15 is 0 Å². The first-order valence-corrected chi connectivity index (χ1v) is 34.7. The third-order valence-electron chi connectivity index (χ3n) is 20.2. The van der Waals surface area contributed by atoms with Crippen LogP contribution in [0.3, 0.4) is 0 Å². The Morgan fingerprint density at radius 2 is 0.948 bits per heavy atom. The number of nitrogens with zero attached hydrogens (tertiary/aromatic N) is 2. The number of rotatable bonds is 17. The van der Waals surface area contributed by atoms with Gasteiger partial charge in [0, 0.05) is 51.9 Å². The molecular weight excluding hydrogens is 1170 g/mol. The van der Waals surface area contributed by atoms with Gasteiger partial charge in [-0.1, -0.05) is 286 Å². The zero-order valence-corrected chi connectivity index (χ0v) is 55.4. The molecule has 5 aliphatic carbocycles. The van der Waals surface area contributed by atoms with Crippen molar-refractivity contribution in [3.05, 3.63) is 400 Å². The van der Waals surface area contributed by atoms with E-state index in [1.54, 1.807) is 5.57 Å². The van der Waals surface area contributed by atoms with Gasteiger partial charge in [0.2, 0.25) is 0 Å². The molecule has 0 radical (unpaired) electrons. The fraction of sp³-hybridized carbons (Fsp3) is 0.116. The van der Waals surface area contributed by atoms with Gasteiger partial charge < -0.3 is 9.80 Å². The molecule has 2 heteroatoms. The Bertz CT molecular complexity index is 5130. The Morgan fingerprint density at radius 3 is 1.53 bits per heavy atom. The summed E-state index contributed by atoms with van der Waals surface area (Å²) in [6.45, 7) is 6.68. The Morgan fingerprint density at radius 1 is 0.454 bits per heavy atom. The van der Waals surface area contributed by atoms with Crippen molar-refractivity contribution in [2.45, 2.75) is 64.2 Å². The number of para-hydroxylation sites is 2. The standard InChI is InChI=1S/C95H78N2/c1-4-24-74-63-91-84-38-21-22-39-85(84)93(74)86-58-55-80(64-92(86)91)97(76-33-15-8-16-34-76)78-53-47-67(48-54-78)42-44-69-50-57-88-90(61-69)89-60-68(49-56-87(89)94(70-25-9-5-10-26-70)95(88)71-27-11-6-12-28-71)43-41-66-45-51-77(52-46-66)96(75-31-13-7-14-32-75)79(59-65(2)3)35-23-40-83-81-36-19-17-29-72(81)62-73-30-18-20-37-82(73)83/h4-21,23-38,41-61,63-65,83,91,93H,22,39-40,62H2,1-3H3/b24-4-,35-23-,43-41+,44-42+,79-59+. The second kappa shape index (κ2) is 26.8. The lowest BCUT2D eigenvalue weighted by Crippen LogP contribution is -2.25. The van der Waals surface area contributed by atoms with Crippen molar-refractivity contribution < 1.29 is 0 Å². The second-order valence-electron chi connectivity index (χ2n) is 26.7. The molecule has 0 amide bonds.